The van der Waals surface area contributed by atoms with Crippen LogP contribution in [-0.2, 0) is 0 Å². The van der Waals surface area contributed by atoms with Crippen molar-refractivity contribution in [2.45, 2.75) is 25.9 Å². The lowest BCUT2D eigenvalue weighted by molar-refractivity contribution is 0.0864. The first-order chi connectivity index (χ1) is 7.78. The van der Waals surface area contributed by atoms with E-state index in [1.54, 1.807) is 0 Å². The van der Waals surface area contributed by atoms with Crippen molar-refractivity contribution in [3.05, 3.63) is 47.2 Å². The van der Waals surface area contributed by atoms with Gasteiger partial charge in [0.05, 0.1) is 6.10 Å². The Morgan fingerprint density at radius 3 is 2.62 bits per heavy atom. The summed E-state index contributed by atoms with van der Waals surface area (Å²) in [6.45, 7) is 1.98. The fraction of sp³-hybridized carbons (Fsp3) is 0.357. The fourth-order valence-electron chi connectivity index (χ4n) is 1.78. The minimum Gasteiger partial charge on any atom is -0.490 e. The summed E-state index contributed by atoms with van der Waals surface area (Å²) >= 11 is 5.80. The summed E-state index contributed by atoms with van der Waals surface area (Å²) in [5.74, 6) is 1.54. The first-order valence-corrected chi connectivity index (χ1v) is 5.95. The van der Waals surface area contributed by atoms with Gasteiger partial charge in [0.1, 0.15) is 5.75 Å². The van der Waals surface area contributed by atoms with Crippen LogP contribution in [0.25, 0.3) is 0 Å². The Balaban J connectivity index is 1.81. The molecule has 0 saturated heterocycles. The lowest BCUT2D eigenvalue weighted by atomic mass is 9.82. The van der Waals surface area contributed by atoms with E-state index in [1.807, 2.05) is 37.3 Å². The molecule has 0 unspecified atom stereocenters. The molecule has 1 saturated carbocycles. The molecule has 0 atom stereocenters. The second-order valence-electron chi connectivity index (χ2n) is 4.05. The van der Waals surface area contributed by atoms with Crippen molar-refractivity contribution in [3.8, 4) is 5.75 Å². The summed E-state index contributed by atoms with van der Waals surface area (Å²) in [6, 6.07) is 7.54. The van der Waals surface area contributed by atoms with Gasteiger partial charge < -0.3 is 4.74 Å². The third-order valence-electron chi connectivity index (χ3n) is 2.75. The number of hydrogen-bond donors (Lipinski definition) is 0. The average molecular weight is 235 g/mol. The average Bonchev–Trinajstić information content (AvgIpc) is 2.24. The summed E-state index contributed by atoms with van der Waals surface area (Å²) in [6.07, 6.45) is 6.59. The highest BCUT2D eigenvalue weighted by atomic mass is 35.5. The monoisotopic (exact) mass is 234 g/mol. The van der Waals surface area contributed by atoms with E-state index in [2.05, 4.69) is 11.8 Å². The van der Waals surface area contributed by atoms with Crippen LogP contribution in [0.4, 0.5) is 0 Å². The van der Waals surface area contributed by atoms with E-state index < -0.39 is 0 Å². The van der Waals surface area contributed by atoms with E-state index in [0.717, 1.165) is 23.6 Å². The minimum absolute atomic E-state index is 0.348. The molecule has 1 aromatic rings. The Bertz CT molecular complexity index is 395. The summed E-state index contributed by atoms with van der Waals surface area (Å²) in [4.78, 5) is 0. The second kappa shape index (κ2) is 5.25. The SMILES string of the molecule is CC=C=CC1CC(Oc2ccc(Cl)cc2)C1. The summed E-state index contributed by atoms with van der Waals surface area (Å²) < 4.78 is 5.80. The largest absolute Gasteiger partial charge is 0.490 e. The van der Waals surface area contributed by atoms with E-state index in [-0.39, 0.29) is 0 Å². The van der Waals surface area contributed by atoms with E-state index in [0.29, 0.717) is 12.0 Å². The highest BCUT2D eigenvalue weighted by Gasteiger charge is 2.28. The molecule has 2 rings (SSSR count). The van der Waals surface area contributed by atoms with Crippen molar-refractivity contribution in [1.29, 1.82) is 0 Å². The fourth-order valence-corrected chi connectivity index (χ4v) is 1.90. The molecule has 1 fully saturated rings. The maximum Gasteiger partial charge on any atom is 0.119 e. The van der Waals surface area contributed by atoms with Crippen LogP contribution in [0, 0.1) is 5.92 Å². The Morgan fingerprint density at radius 1 is 1.31 bits per heavy atom. The summed E-state index contributed by atoms with van der Waals surface area (Å²) in [5, 5.41) is 0.745. The number of benzene rings is 1. The molecule has 0 spiro atoms. The third kappa shape index (κ3) is 2.91. The molecule has 0 aromatic heterocycles. The van der Waals surface area contributed by atoms with Gasteiger partial charge in [-0.25, -0.2) is 0 Å². The Labute approximate surface area is 101 Å². The highest BCUT2D eigenvalue weighted by Crippen LogP contribution is 2.32. The van der Waals surface area contributed by atoms with Crippen LogP contribution in [0.3, 0.4) is 0 Å². The van der Waals surface area contributed by atoms with Crippen molar-refractivity contribution < 1.29 is 4.74 Å². The third-order valence-corrected chi connectivity index (χ3v) is 3.00. The van der Waals surface area contributed by atoms with Crippen LogP contribution in [-0.4, -0.2) is 6.10 Å². The van der Waals surface area contributed by atoms with E-state index in [1.165, 1.54) is 0 Å². The zero-order valence-corrected chi connectivity index (χ0v) is 10.1. The predicted molar refractivity (Wildman–Crippen MR) is 66.9 cm³/mol. The van der Waals surface area contributed by atoms with Crippen molar-refractivity contribution in [2.24, 2.45) is 5.92 Å². The summed E-state index contributed by atoms with van der Waals surface area (Å²) in [5.41, 5.74) is 3.12. The quantitative estimate of drug-likeness (QED) is 0.712. The molecule has 1 nitrogen and oxygen atoms in total. The molecule has 1 aliphatic rings. The smallest absolute Gasteiger partial charge is 0.119 e. The first-order valence-electron chi connectivity index (χ1n) is 5.57. The van der Waals surface area contributed by atoms with Crippen molar-refractivity contribution in [1.82, 2.24) is 0 Å². The van der Waals surface area contributed by atoms with Gasteiger partial charge in [0.25, 0.3) is 0 Å². The van der Waals surface area contributed by atoms with Gasteiger partial charge in [0.2, 0.25) is 0 Å². The number of hydrogen-bond acceptors (Lipinski definition) is 1. The molecule has 0 amide bonds. The van der Waals surface area contributed by atoms with Crippen LogP contribution in [0.2, 0.25) is 5.02 Å². The molecule has 0 N–H and O–H groups in total. The van der Waals surface area contributed by atoms with Crippen molar-refractivity contribution >= 4 is 11.6 Å². The number of allylic oxidation sites excluding steroid dienone is 1. The number of halogens is 1. The van der Waals surface area contributed by atoms with Crippen LogP contribution < -0.4 is 4.74 Å². The van der Waals surface area contributed by atoms with E-state index in [9.17, 15) is 0 Å². The maximum absolute atomic E-state index is 5.80. The van der Waals surface area contributed by atoms with Crippen LogP contribution in [0.5, 0.6) is 5.75 Å². The van der Waals surface area contributed by atoms with Gasteiger partial charge in [-0.05, 0) is 62.1 Å². The molecular weight excluding hydrogens is 220 g/mol. The van der Waals surface area contributed by atoms with Crippen molar-refractivity contribution in [2.75, 3.05) is 0 Å². The molecule has 0 heterocycles. The summed E-state index contributed by atoms with van der Waals surface area (Å²) in [7, 11) is 0. The standard InChI is InChI=1S/C14H15ClO/c1-2-3-4-11-9-14(10-11)16-13-7-5-12(15)6-8-13/h2,4-8,11,14H,9-10H2,1H3. The van der Waals surface area contributed by atoms with Crippen LogP contribution >= 0.6 is 11.6 Å². The molecule has 2 heteroatoms. The van der Waals surface area contributed by atoms with Crippen LogP contribution in [0.15, 0.2) is 42.1 Å². The molecule has 84 valence electrons. The van der Waals surface area contributed by atoms with E-state index in [4.69, 9.17) is 16.3 Å². The zero-order chi connectivity index (χ0) is 11.4. The van der Waals surface area contributed by atoms with Gasteiger partial charge in [-0.15, -0.1) is 5.73 Å². The lowest BCUT2D eigenvalue weighted by Crippen LogP contribution is -2.32. The predicted octanol–water partition coefficient (Wildman–Crippen LogP) is 4.23. The molecule has 0 aliphatic heterocycles. The topological polar surface area (TPSA) is 9.23 Å². The Kier molecular flexibility index (Phi) is 3.71. The highest BCUT2D eigenvalue weighted by molar-refractivity contribution is 6.30. The van der Waals surface area contributed by atoms with Gasteiger partial charge in [0, 0.05) is 5.02 Å². The molecule has 0 bridgehead atoms. The maximum atomic E-state index is 5.80. The lowest BCUT2D eigenvalue weighted by Gasteiger charge is -2.33. The van der Waals surface area contributed by atoms with Gasteiger partial charge in [-0.1, -0.05) is 11.6 Å². The second-order valence-corrected chi connectivity index (χ2v) is 4.48. The number of ether oxygens (including phenoxy) is 1. The molecule has 0 radical (unpaired) electrons. The normalized spacial score (nSPS) is 22.9. The molecular formula is C14H15ClO. The molecule has 1 aromatic carbocycles. The molecule has 16 heavy (non-hydrogen) atoms. The zero-order valence-electron chi connectivity index (χ0n) is 9.32. The number of rotatable bonds is 3. The Hall–Kier alpha value is -1.17. The minimum atomic E-state index is 0.348. The van der Waals surface area contributed by atoms with E-state index >= 15 is 0 Å². The van der Waals surface area contributed by atoms with Crippen molar-refractivity contribution in [3.63, 3.8) is 0 Å². The molecule has 1 aliphatic carbocycles. The van der Waals surface area contributed by atoms with Gasteiger partial charge in [-0.2, -0.15) is 0 Å². The first kappa shape index (κ1) is 11.3. The van der Waals surface area contributed by atoms with Gasteiger partial charge >= 0.3 is 0 Å². The van der Waals surface area contributed by atoms with Gasteiger partial charge in [0.15, 0.2) is 0 Å². The Morgan fingerprint density at radius 2 is 2.00 bits per heavy atom. The van der Waals surface area contributed by atoms with Gasteiger partial charge in [-0.3, -0.25) is 0 Å². The van der Waals surface area contributed by atoms with Crippen LogP contribution in [0.1, 0.15) is 19.8 Å².